The molecule has 0 aliphatic heterocycles. The molecule has 0 fully saturated rings. The molecule has 7 nitrogen and oxygen atoms in total. The molecule has 2 aromatic carbocycles. The molecule has 0 aliphatic carbocycles. The predicted molar refractivity (Wildman–Crippen MR) is 107 cm³/mol. The zero-order valence-electron chi connectivity index (χ0n) is 13.9. The van der Waals surface area contributed by atoms with E-state index in [0.29, 0.717) is 16.5 Å². The van der Waals surface area contributed by atoms with Gasteiger partial charge in [0.15, 0.2) is 0 Å². The molecule has 9 heteroatoms. The van der Waals surface area contributed by atoms with Crippen LogP contribution in [-0.4, -0.2) is 22.2 Å². The first kappa shape index (κ1) is 18.9. The molecule has 0 aliphatic rings. The Balaban J connectivity index is 2.05. The summed E-state index contributed by atoms with van der Waals surface area (Å²) in [6.07, 6.45) is 1.40. The lowest BCUT2D eigenvalue weighted by Crippen LogP contribution is -2.26. The standard InChI is InChI=1S/C18H14BrClN4O3/c19-11-1-7-14(8-2-11)27-17-15(22-10-16(21)25)9-23-24(18(17)26)13-5-3-12(20)4-6-13/h1-9,22H,10H2,(H2,21,25). The Morgan fingerprint density at radius 1 is 1.19 bits per heavy atom. The fourth-order valence-corrected chi connectivity index (χ4v) is 2.62. The SMILES string of the molecule is NC(=O)CNc1cnn(-c2ccc(Cl)cc2)c(=O)c1Oc1ccc(Br)cc1. The molecule has 0 saturated heterocycles. The summed E-state index contributed by atoms with van der Waals surface area (Å²) in [5.41, 5.74) is 5.44. The van der Waals surface area contributed by atoms with Crippen LogP contribution in [0.15, 0.2) is 64.0 Å². The van der Waals surface area contributed by atoms with Crippen molar-refractivity contribution in [2.45, 2.75) is 0 Å². The molecular weight excluding hydrogens is 436 g/mol. The zero-order valence-corrected chi connectivity index (χ0v) is 16.2. The highest BCUT2D eigenvalue weighted by Crippen LogP contribution is 2.27. The van der Waals surface area contributed by atoms with E-state index in [4.69, 9.17) is 22.1 Å². The first-order valence-corrected chi connectivity index (χ1v) is 8.95. The van der Waals surface area contributed by atoms with E-state index >= 15 is 0 Å². The predicted octanol–water partition coefficient (Wildman–Crippen LogP) is 3.34. The molecule has 3 N–H and O–H groups in total. The van der Waals surface area contributed by atoms with E-state index in [9.17, 15) is 9.59 Å². The highest BCUT2D eigenvalue weighted by atomic mass is 79.9. The van der Waals surface area contributed by atoms with Gasteiger partial charge in [-0.3, -0.25) is 9.59 Å². The minimum atomic E-state index is -0.577. The Bertz CT molecular complexity index is 1020. The number of benzene rings is 2. The molecule has 1 heterocycles. The number of nitrogens with two attached hydrogens (primary N) is 1. The highest BCUT2D eigenvalue weighted by molar-refractivity contribution is 9.10. The molecule has 138 valence electrons. The number of primary amides is 1. The Labute approximate surface area is 167 Å². The van der Waals surface area contributed by atoms with Crippen LogP contribution in [0.3, 0.4) is 0 Å². The summed E-state index contributed by atoms with van der Waals surface area (Å²) < 4.78 is 7.83. The Morgan fingerprint density at radius 2 is 1.85 bits per heavy atom. The van der Waals surface area contributed by atoms with Gasteiger partial charge < -0.3 is 15.8 Å². The summed E-state index contributed by atoms with van der Waals surface area (Å²) >= 11 is 9.24. The zero-order chi connectivity index (χ0) is 19.4. The van der Waals surface area contributed by atoms with Gasteiger partial charge in [0.05, 0.1) is 18.4 Å². The summed E-state index contributed by atoms with van der Waals surface area (Å²) in [6, 6.07) is 13.6. The van der Waals surface area contributed by atoms with E-state index in [0.717, 1.165) is 4.47 Å². The van der Waals surface area contributed by atoms with Crippen LogP contribution >= 0.6 is 27.5 Å². The van der Waals surface area contributed by atoms with Crippen molar-refractivity contribution in [1.29, 1.82) is 0 Å². The molecule has 1 amide bonds. The van der Waals surface area contributed by atoms with Gasteiger partial charge in [-0.25, -0.2) is 0 Å². The second-order valence-corrected chi connectivity index (χ2v) is 6.81. The van der Waals surface area contributed by atoms with Crippen molar-refractivity contribution in [3.63, 3.8) is 0 Å². The van der Waals surface area contributed by atoms with Crippen LogP contribution in [0.1, 0.15) is 0 Å². The number of nitrogens with one attached hydrogen (secondary N) is 1. The number of anilines is 1. The number of rotatable bonds is 6. The molecule has 3 aromatic rings. The second kappa shape index (κ2) is 8.24. The Hall–Kier alpha value is -2.84. The van der Waals surface area contributed by atoms with E-state index in [1.165, 1.54) is 10.9 Å². The number of halogens is 2. The van der Waals surface area contributed by atoms with E-state index < -0.39 is 11.5 Å². The van der Waals surface area contributed by atoms with Gasteiger partial charge in [0.1, 0.15) is 11.4 Å². The molecule has 0 radical (unpaired) electrons. The molecule has 0 spiro atoms. The van der Waals surface area contributed by atoms with E-state index in [1.807, 2.05) is 0 Å². The summed E-state index contributed by atoms with van der Waals surface area (Å²) in [5, 5.41) is 7.44. The van der Waals surface area contributed by atoms with Gasteiger partial charge in [-0.05, 0) is 48.5 Å². The van der Waals surface area contributed by atoms with E-state index in [1.54, 1.807) is 48.5 Å². The lowest BCUT2D eigenvalue weighted by Gasteiger charge is -2.14. The topological polar surface area (TPSA) is 99.2 Å². The lowest BCUT2D eigenvalue weighted by molar-refractivity contribution is -0.116. The quantitative estimate of drug-likeness (QED) is 0.601. The monoisotopic (exact) mass is 448 g/mol. The maximum absolute atomic E-state index is 13.0. The number of carbonyl (C=O) groups is 1. The van der Waals surface area contributed by atoms with Crippen molar-refractivity contribution in [3.05, 3.63) is 74.6 Å². The average Bonchev–Trinajstić information content (AvgIpc) is 2.65. The van der Waals surface area contributed by atoms with Gasteiger partial charge in [0, 0.05) is 9.50 Å². The first-order valence-electron chi connectivity index (χ1n) is 7.78. The van der Waals surface area contributed by atoms with Crippen molar-refractivity contribution in [1.82, 2.24) is 9.78 Å². The third kappa shape index (κ3) is 4.66. The summed E-state index contributed by atoms with van der Waals surface area (Å²) in [6.45, 7) is -0.164. The number of nitrogens with zero attached hydrogens (tertiary/aromatic N) is 2. The van der Waals surface area contributed by atoms with Gasteiger partial charge in [0.2, 0.25) is 11.7 Å². The van der Waals surface area contributed by atoms with Gasteiger partial charge >= 0.3 is 5.56 Å². The summed E-state index contributed by atoms with van der Waals surface area (Å²) in [5.74, 6) is -0.138. The Morgan fingerprint density at radius 3 is 2.48 bits per heavy atom. The van der Waals surface area contributed by atoms with Crippen LogP contribution in [-0.2, 0) is 4.79 Å². The fraction of sp³-hybridized carbons (Fsp3) is 0.0556. The molecule has 1 aromatic heterocycles. The fourth-order valence-electron chi connectivity index (χ4n) is 2.23. The minimum absolute atomic E-state index is 0.0106. The first-order chi connectivity index (χ1) is 12.9. The van der Waals surface area contributed by atoms with Crippen molar-refractivity contribution < 1.29 is 9.53 Å². The molecule has 0 bridgehead atoms. The normalized spacial score (nSPS) is 10.4. The molecule has 3 rings (SSSR count). The number of hydrogen-bond donors (Lipinski definition) is 2. The van der Waals surface area contributed by atoms with Crippen LogP contribution in [0.5, 0.6) is 11.5 Å². The van der Waals surface area contributed by atoms with Crippen LogP contribution in [0.2, 0.25) is 5.02 Å². The van der Waals surface area contributed by atoms with Gasteiger partial charge in [0.25, 0.3) is 0 Å². The van der Waals surface area contributed by atoms with Crippen molar-refractivity contribution >= 4 is 39.1 Å². The van der Waals surface area contributed by atoms with Crippen LogP contribution in [0.25, 0.3) is 5.69 Å². The maximum Gasteiger partial charge on any atom is 0.316 e. The molecule has 0 atom stereocenters. The van der Waals surface area contributed by atoms with Gasteiger partial charge in [-0.1, -0.05) is 27.5 Å². The van der Waals surface area contributed by atoms with Crippen molar-refractivity contribution in [3.8, 4) is 17.2 Å². The largest absolute Gasteiger partial charge is 0.449 e. The molecule has 0 saturated carbocycles. The average molecular weight is 450 g/mol. The van der Waals surface area contributed by atoms with E-state index in [2.05, 4.69) is 26.3 Å². The maximum atomic E-state index is 13.0. The Kier molecular flexibility index (Phi) is 5.78. The van der Waals surface area contributed by atoms with E-state index in [-0.39, 0.29) is 18.0 Å². The third-order valence-electron chi connectivity index (χ3n) is 3.49. The second-order valence-electron chi connectivity index (χ2n) is 5.46. The van der Waals surface area contributed by atoms with Crippen LogP contribution < -0.4 is 21.3 Å². The smallest absolute Gasteiger partial charge is 0.316 e. The van der Waals surface area contributed by atoms with Crippen LogP contribution in [0, 0.1) is 0 Å². The number of ether oxygens (including phenoxy) is 1. The molecular formula is C18H14BrClN4O3. The van der Waals surface area contributed by atoms with Crippen molar-refractivity contribution in [2.24, 2.45) is 5.73 Å². The highest BCUT2D eigenvalue weighted by Gasteiger charge is 2.16. The molecule has 0 unspecified atom stereocenters. The summed E-state index contributed by atoms with van der Waals surface area (Å²) in [4.78, 5) is 24.1. The number of carbonyl (C=O) groups excluding carboxylic acids is 1. The molecule has 27 heavy (non-hydrogen) atoms. The third-order valence-corrected chi connectivity index (χ3v) is 4.27. The minimum Gasteiger partial charge on any atom is -0.449 e. The van der Waals surface area contributed by atoms with Gasteiger partial charge in [-0.15, -0.1) is 0 Å². The summed E-state index contributed by atoms with van der Waals surface area (Å²) in [7, 11) is 0. The lowest BCUT2D eigenvalue weighted by atomic mass is 10.3. The van der Waals surface area contributed by atoms with Crippen LogP contribution in [0.4, 0.5) is 5.69 Å². The number of amides is 1. The van der Waals surface area contributed by atoms with Gasteiger partial charge in [-0.2, -0.15) is 9.78 Å². The number of hydrogen-bond acceptors (Lipinski definition) is 5. The number of aromatic nitrogens is 2. The van der Waals surface area contributed by atoms with Crippen molar-refractivity contribution in [2.75, 3.05) is 11.9 Å².